The molecule has 3 atom stereocenters. The van der Waals surface area contributed by atoms with Crippen molar-refractivity contribution in [3.8, 4) is 0 Å². The predicted molar refractivity (Wildman–Crippen MR) is 61.6 cm³/mol. The molecule has 2 amide bonds. The Balaban J connectivity index is 2.27. The van der Waals surface area contributed by atoms with E-state index >= 15 is 0 Å². The van der Waals surface area contributed by atoms with Gasteiger partial charge in [-0.1, -0.05) is 20.3 Å². The van der Waals surface area contributed by atoms with Gasteiger partial charge in [-0.15, -0.1) is 0 Å². The summed E-state index contributed by atoms with van der Waals surface area (Å²) in [7, 11) is 0. The zero-order valence-electron chi connectivity index (χ0n) is 9.95. The SMILES string of the molecule is CC[C@H](C)[C@H](N)C(=O)NCC1CCC(=O)N1. The number of carbonyl (C=O) groups is 2. The molecule has 5 heteroatoms. The summed E-state index contributed by atoms with van der Waals surface area (Å²) in [6, 6.07) is -0.386. The first-order valence-corrected chi connectivity index (χ1v) is 5.87. The maximum atomic E-state index is 11.6. The van der Waals surface area contributed by atoms with Crippen LogP contribution in [-0.2, 0) is 9.59 Å². The maximum absolute atomic E-state index is 11.6. The zero-order valence-corrected chi connectivity index (χ0v) is 9.95. The Kier molecular flexibility index (Phi) is 4.73. The predicted octanol–water partition coefficient (Wildman–Crippen LogP) is -0.245. The Labute approximate surface area is 96.1 Å². The van der Waals surface area contributed by atoms with Crippen LogP contribution < -0.4 is 16.4 Å². The quantitative estimate of drug-likeness (QED) is 0.606. The standard InChI is InChI=1S/C11H21N3O2/c1-3-7(2)10(12)11(16)13-6-8-4-5-9(15)14-8/h7-8,10H,3-6,12H2,1-2H3,(H,13,16)(H,14,15)/t7-,8?,10-/m0/s1. The van der Waals surface area contributed by atoms with Crippen molar-refractivity contribution in [1.29, 1.82) is 0 Å². The molecule has 0 saturated carbocycles. The van der Waals surface area contributed by atoms with Crippen LogP contribution in [0, 0.1) is 5.92 Å². The smallest absolute Gasteiger partial charge is 0.237 e. The van der Waals surface area contributed by atoms with Crippen LogP contribution in [0.3, 0.4) is 0 Å². The average Bonchev–Trinajstić information content (AvgIpc) is 2.69. The summed E-state index contributed by atoms with van der Waals surface area (Å²) < 4.78 is 0. The van der Waals surface area contributed by atoms with Gasteiger partial charge in [0.25, 0.3) is 0 Å². The van der Waals surface area contributed by atoms with Gasteiger partial charge in [-0.05, 0) is 12.3 Å². The van der Waals surface area contributed by atoms with Crippen molar-refractivity contribution in [3.63, 3.8) is 0 Å². The molecule has 1 aliphatic heterocycles. The lowest BCUT2D eigenvalue weighted by Gasteiger charge is -2.19. The minimum absolute atomic E-state index is 0.0606. The highest BCUT2D eigenvalue weighted by molar-refractivity contribution is 5.82. The Morgan fingerprint density at radius 1 is 1.69 bits per heavy atom. The van der Waals surface area contributed by atoms with Crippen molar-refractivity contribution in [1.82, 2.24) is 10.6 Å². The molecule has 0 aromatic heterocycles. The number of hydrogen-bond acceptors (Lipinski definition) is 3. The van der Waals surface area contributed by atoms with E-state index < -0.39 is 6.04 Å². The Hall–Kier alpha value is -1.10. The highest BCUT2D eigenvalue weighted by Crippen LogP contribution is 2.07. The molecule has 92 valence electrons. The van der Waals surface area contributed by atoms with E-state index in [0.717, 1.165) is 12.8 Å². The van der Waals surface area contributed by atoms with Crippen LogP contribution in [0.15, 0.2) is 0 Å². The number of hydrogen-bond donors (Lipinski definition) is 3. The molecule has 4 N–H and O–H groups in total. The Morgan fingerprint density at radius 3 is 2.88 bits per heavy atom. The molecule has 1 saturated heterocycles. The van der Waals surface area contributed by atoms with Gasteiger partial charge in [0.2, 0.25) is 11.8 Å². The molecule has 0 radical (unpaired) electrons. The van der Waals surface area contributed by atoms with E-state index in [4.69, 9.17) is 5.73 Å². The molecular weight excluding hydrogens is 206 g/mol. The third-order valence-electron chi connectivity index (χ3n) is 3.17. The Bertz CT molecular complexity index is 268. The molecule has 1 aliphatic rings. The average molecular weight is 227 g/mol. The first-order chi connectivity index (χ1) is 7.54. The van der Waals surface area contributed by atoms with Crippen LogP contribution in [0.5, 0.6) is 0 Å². The molecule has 16 heavy (non-hydrogen) atoms. The lowest BCUT2D eigenvalue weighted by Crippen LogP contribution is -2.48. The van der Waals surface area contributed by atoms with Gasteiger partial charge in [-0.3, -0.25) is 9.59 Å². The van der Waals surface area contributed by atoms with Gasteiger partial charge in [0.1, 0.15) is 0 Å². The molecule has 0 aliphatic carbocycles. The second-order valence-corrected chi connectivity index (χ2v) is 4.46. The van der Waals surface area contributed by atoms with Gasteiger partial charge in [0.05, 0.1) is 6.04 Å². The summed E-state index contributed by atoms with van der Waals surface area (Å²) in [5, 5.41) is 5.58. The number of amides is 2. The van der Waals surface area contributed by atoms with Gasteiger partial charge in [0, 0.05) is 19.0 Å². The maximum Gasteiger partial charge on any atom is 0.237 e. The minimum Gasteiger partial charge on any atom is -0.353 e. The van der Waals surface area contributed by atoms with Crippen LogP contribution in [0.4, 0.5) is 0 Å². The summed E-state index contributed by atoms with van der Waals surface area (Å²) in [6.45, 7) is 4.45. The van der Waals surface area contributed by atoms with Crippen molar-refractivity contribution >= 4 is 11.8 Å². The van der Waals surface area contributed by atoms with E-state index in [-0.39, 0.29) is 23.8 Å². The van der Waals surface area contributed by atoms with E-state index in [1.165, 1.54) is 0 Å². The number of nitrogens with one attached hydrogen (secondary N) is 2. The lowest BCUT2D eigenvalue weighted by atomic mass is 9.99. The molecule has 0 aromatic carbocycles. The van der Waals surface area contributed by atoms with Crippen LogP contribution in [0.2, 0.25) is 0 Å². The topological polar surface area (TPSA) is 84.2 Å². The molecule has 1 fully saturated rings. The monoisotopic (exact) mass is 227 g/mol. The van der Waals surface area contributed by atoms with Crippen molar-refractivity contribution in [2.75, 3.05) is 6.54 Å². The Morgan fingerprint density at radius 2 is 2.38 bits per heavy atom. The summed E-state index contributed by atoms with van der Waals surface area (Å²) in [4.78, 5) is 22.6. The fourth-order valence-electron chi connectivity index (χ4n) is 1.68. The summed E-state index contributed by atoms with van der Waals surface area (Å²) >= 11 is 0. The fourth-order valence-corrected chi connectivity index (χ4v) is 1.68. The van der Waals surface area contributed by atoms with E-state index in [1.54, 1.807) is 0 Å². The van der Waals surface area contributed by atoms with E-state index in [1.807, 2.05) is 13.8 Å². The second kappa shape index (κ2) is 5.84. The molecule has 1 heterocycles. The van der Waals surface area contributed by atoms with Crippen LogP contribution in [-0.4, -0.2) is 30.4 Å². The third kappa shape index (κ3) is 3.48. The van der Waals surface area contributed by atoms with Gasteiger partial charge >= 0.3 is 0 Å². The number of carbonyl (C=O) groups excluding carboxylic acids is 2. The molecule has 0 aromatic rings. The summed E-state index contributed by atoms with van der Waals surface area (Å²) in [6.07, 6.45) is 2.23. The summed E-state index contributed by atoms with van der Waals surface area (Å²) in [5.74, 6) is 0.110. The van der Waals surface area contributed by atoms with Crippen molar-refractivity contribution in [2.24, 2.45) is 11.7 Å². The summed E-state index contributed by atoms with van der Waals surface area (Å²) in [5.41, 5.74) is 5.78. The second-order valence-electron chi connectivity index (χ2n) is 4.46. The van der Waals surface area contributed by atoms with Crippen LogP contribution >= 0.6 is 0 Å². The van der Waals surface area contributed by atoms with Crippen molar-refractivity contribution in [2.45, 2.75) is 45.2 Å². The highest BCUT2D eigenvalue weighted by atomic mass is 16.2. The van der Waals surface area contributed by atoms with Crippen LogP contribution in [0.25, 0.3) is 0 Å². The lowest BCUT2D eigenvalue weighted by molar-refractivity contribution is -0.124. The van der Waals surface area contributed by atoms with Crippen molar-refractivity contribution < 1.29 is 9.59 Å². The van der Waals surface area contributed by atoms with Gasteiger partial charge in [-0.2, -0.15) is 0 Å². The molecule has 5 nitrogen and oxygen atoms in total. The number of nitrogens with two attached hydrogens (primary N) is 1. The van der Waals surface area contributed by atoms with E-state index in [2.05, 4.69) is 10.6 Å². The highest BCUT2D eigenvalue weighted by Gasteiger charge is 2.23. The molecule has 1 rings (SSSR count). The van der Waals surface area contributed by atoms with E-state index in [9.17, 15) is 9.59 Å². The fraction of sp³-hybridized carbons (Fsp3) is 0.818. The van der Waals surface area contributed by atoms with Gasteiger partial charge < -0.3 is 16.4 Å². The largest absolute Gasteiger partial charge is 0.353 e. The van der Waals surface area contributed by atoms with Gasteiger partial charge in [0.15, 0.2) is 0 Å². The zero-order chi connectivity index (χ0) is 12.1. The first kappa shape index (κ1) is 13.0. The number of rotatable bonds is 5. The molecule has 0 spiro atoms. The molecular formula is C11H21N3O2. The minimum atomic E-state index is -0.456. The van der Waals surface area contributed by atoms with E-state index in [0.29, 0.717) is 13.0 Å². The van der Waals surface area contributed by atoms with Gasteiger partial charge in [-0.25, -0.2) is 0 Å². The third-order valence-corrected chi connectivity index (χ3v) is 3.17. The normalized spacial score (nSPS) is 23.7. The molecule has 1 unspecified atom stereocenters. The first-order valence-electron chi connectivity index (χ1n) is 5.87. The van der Waals surface area contributed by atoms with Crippen molar-refractivity contribution in [3.05, 3.63) is 0 Å². The molecule has 0 bridgehead atoms. The van der Waals surface area contributed by atoms with Crippen LogP contribution in [0.1, 0.15) is 33.1 Å².